The fraction of sp³-hybridized carbons (Fsp3) is 0.182. The quantitative estimate of drug-likeness (QED) is 0.431. The molecular formula is C22H20ClN5O3S. The molecule has 0 bridgehead atoms. The lowest BCUT2D eigenvalue weighted by Gasteiger charge is -2.10. The number of aryl methyl sites for hydroxylation is 2. The second-order valence-electron chi connectivity index (χ2n) is 7.10. The largest absolute Gasteiger partial charge is 0.495 e. The van der Waals surface area contributed by atoms with Crippen molar-refractivity contribution in [3.05, 3.63) is 75.3 Å². The van der Waals surface area contributed by atoms with E-state index in [1.165, 1.54) is 23.4 Å². The van der Waals surface area contributed by atoms with Crippen molar-refractivity contribution in [2.24, 2.45) is 0 Å². The molecule has 0 aliphatic carbocycles. The predicted octanol–water partition coefficient (Wildman–Crippen LogP) is 3.89. The molecule has 0 atom stereocenters. The highest BCUT2D eigenvalue weighted by Crippen LogP contribution is 2.28. The van der Waals surface area contributed by atoms with Crippen molar-refractivity contribution in [1.82, 2.24) is 19.2 Å². The number of thioether (sulfide) groups is 1. The zero-order chi connectivity index (χ0) is 22.8. The van der Waals surface area contributed by atoms with Gasteiger partial charge in [0.25, 0.3) is 0 Å². The number of hydrogen-bond donors (Lipinski definition) is 1. The summed E-state index contributed by atoms with van der Waals surface area (Å²) in [5, 5.41) is 11.8. The minimum absolute atomic E-state index is 0.0662. The summed E-state index contributed by atoms with van der Waals surface area (Å²) in [4.78, 5) is 25.4. The second-order valence-corrected chi connectivity index (χ2v) is 8.48. The van der Waals surface area contributed by atoms with Gasteiger partial charge < -0.3 is 10.1 Å². The van der Waals surface area contributed by atoms with Crippen molar-refractivity contribution in [2.75, 3.05) is 18.2 Å². The van der Waals surface area contributed by atoms with Gasteiger partial charge in [0, 0.05) is 23.1 Å². The molecule has 0 spiro atoms. The number of amides is 1. The van der Waals surface area contributed by atoms with Gasteiger partial charge in [0.2, 0.25) is 11.6 Å². The summed E-state index contributed by atoms with van der Waals surface area (Å²) >= 11 is 7.18. The van der Waals surface area contributed by atoms with E-state index in [2.05, 4.69) is 15.5 Å². The summed E-state index contributed by atoms with van der Waals surface area (Å²) in [6.45, 7) is 4.02. The number of nitrogens with zero attached hydrogens (tertiary/aromatic N) is 4. The summed E-state index contributed by atoms with van der Waals surface area (Å²) in [6, 6.07) is 10.8. The molecule has 0 saturated carbocycles. The third-order valence-corrected chi connectivity index (χ3v) is 6.15. The standard InChI is InChI=1S/C22H20ClN5O3S/c1-13-4-6-16(10-14(13)2)27-8-9-28-20(21(27)30)25-26-22(28)32-12-19(29)24-17-11-15(23)5-7-18(17)31-3/h4-11H,12H2,1-3H3,(H,24,29). The van der Waals surface area contributed by atoms with Gasteiger partial charge in [0.05, 0.1) is 18.6 Å². The Hall–Kier alpha value is -3.30. The Bertz CT molecular complexity index is 1380. The van der Waals surface area contributed by atoms with E-state index < -0.39 is 0 Å². The Balaban J connectivity index is 1.53. The highest BCUT2D eigenvalue weighted by atomic mass is 35.5. The summed E-state index contributed by atoms with van der Waals surface area (Å²) in [6.07, 6.45) is 3.38. The van der Waals surface area contributed by atoms with Crippen LogP contribution in [0.5, 0.6) is 5.75 Å². The number of anilines is 1. The van der Waals surface area contributed by atoms with E-state index in [9.17, 15) is 9.59 Å². The first-order chi connectivity index (χ1) is 15.4. The lowest BCUT2D eigenvalue weighted by molar-refractivity contribution is -0.113. The SMILES string of the molecule is COc1ccc(Cl)cc1NC(=O)CSc1nnc2c(=O)n(-c3ccc(C)c(C)c3)ccn12. The van der Waals surface area contributed by atoms with Crippen molar-refractivity contribution < 1.29 is 9.53 Å². The highest BCUT2D eigenvalue weighted by Gasteiger charge is 2.15. The summed E-state index contributed by atoms with van der Waals surface area (Å²) < 4.78 is 8.35. The minimum atomic E-state index is -0.289. The van der Waals surface area contributed by atoms with Crippen LogP contribution in [0.4, 0.5) is 5.69 Å². The lowest BCUT2D eigenvalue weighted by Crippen LogP contribution is -2.20. The maximum atomic E-state index is 12.9. The zero-order valence-electron chi connectivity index (χ0n) is 17.6. The van der Waals surface area contributed by atoms with Gasteiger partial charge in [-0.25, -0.2) is 0 Å². The van der Waals surface area contributed by atoms with Gasteiger partial charge in [0.1, 0.15) is 5.75 Å². The molecule has 10 heteroatoms. The van der Waals surface area contributed by atoms with Gasteiger partial charge in [-0.15, -0.1) is 10.2 Å². The molecule has 2 aromatic carbocycles. The molecule has 0 saturated heterocycles. The number of halogens is 1. The average Bonchev–Trinajstić information content (AvgIpc) is 3.19. The van der Waals surface area contributed by atoms with Crippen molar-refractivity contribution in [1.29, 1.82) is 0 Å². The normalized spacial score (nSPS) is 11.0. The van der Waals surface area contributed by atoms with Crippen LogP contribution in [-0.4, -0.2) is 37.9 Å². The molecule has 0 aliphatic rings. The third kappa shape index (κ3) is 4.35. The molecule has 0 unspecified atom stereocenters. The third-order valence-electron chi connectivity index (χ3n) is 4.98. The number of aromatic nitrogens is 4. The van der Waals surface area contributed by atoms with Gasteiger partial charge in [0.15, 0.2) is 5.16 Å². The number of hydrogen-bond acceptors (Lipinski definition) is 6. The van der Waals surface area contributed by atoms with Crippen molar-refractivity contribution in [3.63, 3.8) is 0 Å². The Morgan fingerprint density at radius 3 is 2.69 bits per heavy atom. The van der Waals surface area contributed by atoms with E-state index >= 15 is 0 Å². The molecule has 1 N–H and O–H groups in total. The number of carbonyl (C=O) groups excluding carboxylic acids is 1. The van der Waals surface area contributed by atoms with Crippen LogP contribution in [-0.2, 0) is 4.79 Å². The fourth-order valence-electron chi connectivity index (χ4n) is 3.14. The Morgan fingerprint density at radius 1 is 1.12 bits per heavy atom. The monoisotopic (exact) mass is 469 g/mol. The Labute approximate surface area is 193 Å². The number of rotatable bonds is 6. The van der Waals surface area contributed by atoms with Crippen LogP contribution >= 0.6 is 23.4 Å². The number of methoxy groups -OCH3 is 1. The summed E-state index contributed by atoms with van der Waals surface area (Å²) in [5.74, 6) is 0.305. The van der Waals surface area contributed by atoms with Crippen LogP contribution in [0.25, 0.3) is 11.3 Å². The first-order valence-corrected chi connectivity index (χ1v) is 11.0. The Morgan fingerprint density at radius 2 is 1.94 bits per heavy atom. The van der Waals surface area contributed by atoms with Crippen molar-refractivity contribution in [2.45, 2.75) is 19.0 Å². The maximum absolute atomic E-state index is 12.9. The summed E-state index contributed by atoms with van der Waals surface area (Å²) in [5.41, 5.74) is 3.38. The van der Waals surface area contributed by atoms with Crippen LogP contribution < -0.4 is 15.6 Å². The van der Waals surface area contributed by atoms with Gasteiger partial charge in [-0.3, -0.25) is 18.6 Å². The van der Waals surface area contributed by atoms with Crippen LogP contribution in [0.2, 0.25) is 5.02 Å². The number of benzene rings is 2. The van der Waals surface area contributed by atoms with Gasteiger partial charge >= 0.3 is 5.56 Å². The molecule has 1 amide bonds. The van der Waals surface area contributed by atoms with Gasteiger partial charge in [-0.1, -0.05) is 29.4 Å². The van der Waals surface area contributed by atoms with Crippen LogP contribution in [0.3, 0.4) is 0 Å². The molecule has 2 aromatic heterocycles. The molecule has 0 radical (unpaired) electrons. The van der Waals surface area contributed by atoms with Gasteiger partial charge in [-0.2, -0.15) is 0 Å². The molecule has 0 fully saturated rings. The molecule has 8 nitrogen and oxygen atoms in total. The zero-order valence-corrected chi connectivity index (χ0v) is 19.2. The number of ether oxygens (including phenoxy) is 1. The summed E-state index contributed by atoms with van der Waals surface area (Å²) in [7, 11) is 1.51. The first kappa shape index (κ1) is 21.9. The molecule has 0 aliphatic heterocycles. The molecule has 164 valence electrons. The predicted molar refractivity (Wildman–Crippen MR) is 125 cm³/mol. The molecule has 4 aromatic rings. The van der Waals surface area contributed by atoms with Crippen LogP contribution in [0, 0.1) is 13.8 Å². The molecule has 4 rings (SSSR count). The number of nitrogens with one attached hydrogen (secondary N) is 1. The van der Waals surface area contributed by atoms with Crippen molar-refractivity contribution in [3.8, 4) is 11.4 Å². The Kier molecular flexibility index (Phi) is 6.20. The lowest BCUT2D eigenvalue weighted by atomic mass is 10.1. The maximum Gasteiger partial charge on any atom is 0.300 e. The van der Waals surface area contributed by atoms with Crippen molar-refractivity contribution >= 4 is 40.6 Å². The number of fused-ring (bicyclic) bond motifs is 1. The smallest absolute Gasteiger partial charge is 0.300 e. The fourth-order valence-corrected chi connectivity index (χ4v) is 4.03. The first-order valence-electron chi connectivity index (χ1n) is 9.67. The average molecular weight is 470 g/mol. The van der Waals surface area contributed by atoms with Crippen LogP contribution in [0.1, 0.15) is 11.1 Å². The van der Waals surface area contributed by atoms with Gasteiger partial charge in [-0.05, 0) is 55.3 Å². The molecular weight excluding hydrogens is 450 g/mol. The van der Waals surface area contributed by atoms with Crippen LogP contribution in [0.15, 0.2) is 58.7 Å². The topological polar surface area (TPSA) is 90.5 Å². The van der Waals surface area contributed by atoms with E-state index in [0.29, 0.717) is 21.6 Å². The second kappa shape index (κ2) is 9.05. The minimum Gasteiger partial charge on any atom is -0.495 e. The van der Waals surface area contributed by atoms with E-state index in [4.69, 9.17) is 16.3 Å². The van der Waals surface area contributed by atoms with E-state index in [1.807, 2.05) is 32.0 Å². The number of carbonyl (C=O) groups is 1. The van der Waals surface area contributed by atoms with E-state index in [1.54, 1.807) is 35.0 Å². The van der Waals surface area contributed by atoms with E-state index in [-0.39, 0.29) is 22.9 Å². The molecule has 2 heterocycles. The highest BCUT2D eigenvalue weighted by molar-refractivity contribution is 7.99. The van der Waals surface area contributed by atoms with E-state index in [0.717, 1.165) is 16.8 Å². The molecule has 32 heavy (non-hydrogen) atoms.